The van der Waals surface area contributed by atoms with E-state index in [-0.39, 0.29) is 0 Å². The molecular weight excluding hydrogens is 218 g/mol. The van der Waals surface area contributed by atoms with Gasteiger partial charge in [-0.25, -0.2) is 0 Å². The van der Waals surface area contributed by atoms with Gasteiger partial charge in [-0.15, -0.1) is 11.6 Å². The summed E-state index contributed by atoms with van der Waals surface area (Å²) in [6, 6.07) is 0. The van der Waals surface area contributed by atoms with Crippen LogP contribution in [0.5, 0.6) is 0 Å². The smallest absolute Gasteiger partial charge is 0.0252 e. The molecule has 3 aliphatic rings. The molecule has 2 heteroatoms. The van der Waals surface area contributed by atoms with E-state index in [1.807, 2.05) is 0 Å². The minimum Gasteiger partial charge on any atom is -0.303 e. The number of rotatable bonds is 3. The van der Waals surface area contributed by atoms with Crippen LogP contribution in [0.15, 0.2) is 0 Å². The maximum absolute atomic E-state index is 5.93. The molecule has 2 aliphatic carbocycles. The summed E-state index contributed by atoms with van der Waals surface area (Å²) >= 11 is 5.93. The molecule has 0 aromatic carbocycles. The van der Waals surface area contributed by atoms with Crippen molar-refractivity contribution in [3.05, 3.63) is 0 Å². The van der Waals surface area contributed by atoms with Crippen LogP contribution in [-0.2, 0) is 0 Å². The highest BCUT2D eigenvalue weighted by atomic mass is 35.5. The van der Waals surface area contributed by atoms with Crippen LogP contribution < -0.4 is 0 Å². The molecule has 0 amide bonds. The van der Waals surface area contributed by atoms with Crippen molar-refractivity contribution in [1.29, 1.82) is 0 Å². The van der Waals surface area contributed by atoms with Crippen LogP contribution in [-0.4, -0.2) is 30.4 Å². The summed E-state index contributed by atoms with van der Waals surface area (Å²) < 4.78 is 0. The third-order valence-electron chi connectivity index (χ3n) is 5.30. The number of likely N-dealkylation sites (tertiary alicyclic amines) is 1. The molecule has 0 spiro atoms. The summed E-state index contributed by atoms with van der Waals surface area (Å²) in [5.41, 5.74) is 0. The molecule has 2 saturated carbocycles. The number of alkyl halides is 1. The zero-order chi connectivity index (χ0) is 11.0. The molecule has 92 valence electrons. The highest BCUT2D eigenvalue weighted by Gasteiger charge is 2.40. The average Bonchev–Trinajstić information content (AvgIpc) is 2.92. The van der Waals surface area contributed by atoms with Crippen molar-refractivity contribution < 1.29 is 0 Å². The number of halogens is 1. The van der Waals surface area contributed by atoms with Crippen molar-refractivity contribution in [1.82, 2.24) is 4.90 Å². The standard InChI is InChI=1S/C14H24ClN/c15-9-11-3-5-16(6-4-11)10-14-8-12-1-2-13(14)7-12/h11-14H,1-10H2. The Bertz CT molecular complexity index is 235. The summed E-state index contributed by atoms with van der Waals surface area (Å²) in [6.45, 7) is 4.02. The van der Waals surface area contributed by atoms with Gasteiger partial charge < -0.3 is 4.90 Å². The molecule has 0 radical (unpaired) electrons. The van der Waals surface area contributed by atoms with Gasteiger partial charge in [0.2, 0.25) is 0 Å². The molecule has 0 aromatic heterocycles. The van der Waals surface area contributed by atoms with Crippen LogP contribution in [0.25, 0.3) is 0 Å². The molecule has 0 N–H and O–H groups in total. The van der Waals surface area contributed by atoms with Crippen LogP contribution >= 0.6 is 11.6 Å². The van der Waals surface area contributed by atoms with Crippen molar-refractivity contribution >= 4 is 11.6 Å². The number of piperidine rings is 1. The number of fused-ring (bicyclic) bond motifs is 2. The van der Waals surface area contributed by atoms with Crippen LogP contribution in [0.4, 0.5) is 0 Å². The normalized spacial score (nSPS) is 40.7. The fourth-order valence-corrected chi connectivity index (χ4v) is 4.56. The van der Waals surface area contributed by atoms with Crippen molar-refractivity contribution in [2.24, 2.45) is 23.7 Å². The molecule has 3 atom stereocenters. The highest BCUT2D eigenvalue weighted by molar-refractivity contribution is 6.18. The minimum absolute atomic E-state index is 0.804. The van der Waals surface area contributed by atoms with Gasteiger partial charge in [-0.2, -0.15) is 0 Å². The van der Waals surface area contributed by atoms with Gasteiger partial charge in [0.05, 0.1) is 0 Å². The van der Waals surface area contributed by atoms with E-state index in [0.29, 0.717) is 0 Å². The largest absolute Gasteiger partial charge is 0.303 e. The quantitative estimate of drug-likeness (QED) is 0.685. The maximum Gasteiger partial charge on any atom is 0.0252 e. The van der Waals surface area contributed by atoms with Gasteiger partial charge in [0.1, 0.15) is 0 Å². The molecule has 3 rings (SSSR count). The van der Waals surface area contributed by atoms with Crippen molar-refractivity contribution in [2.75, 3.05) is 25.5 Å². The van der Waals surface area contributed by atoms with E-state index in [4.69, 9.17) is 11.6 Å². The number of nitrogens with zero attached hydrogens (tertiary/aromatic N) is 1. The predicted octanol–water partition coefficient (Wildman–Crippen LogP) is 3.37. The maximum atomic E-state index is 5.93. The third-order valence-corrected chi connectivity index (χ3v) is 5.74. The van der Waals surface area contributed by atoms with E-state index in [1.165, 1.54) is 45.3 Å². The van der Waals surface area contributed by atoms with Gasteiger partial charge in [-0.3, -0.25) is 0 Å². The molecule has 3 unspecified atom stereocenters. The Morgan fingerprint density at radius 1 is 1.00 bits per heavy atom. The van der Waals surface area contributed by atoms with Gasteiger partial charge in [-0.05, 0) is 68.9 Å². The summed E-state index contributed by atoms with van der Waals surface area (Å²) in [5, 5.41) is 0. The second-order valence-corrected chi connectivity index (χ2v) is 6.64. The van der Waals surface area contributed by atoms with Crippen LogP contribution in [0.1, 0.15) is 38.5 Å². The van der Waals surface area contributed by atoms with Crippen molar-refractivity contribution in [3.8, 4) is 0 Å². The van der Waals surface area contributed by atoms with Gasteiger partial charge in [-0.1, -0.05) is 6.42 Å². The SMILES string of the molecule is ClCC1CCN(CC2CC3CCC2C3)CC1. The Morgan fingerprint density at radius 2 is 1.81 bits per heavy atom. The topological polar surface area (TPSA) is 3.24 Å². The Hall–Kier alpha value is 0.250. The molecular formula is C14H24ClN. The lowest BCUT2D eigenvalue weighted by molar-refractivity contribution is 0.145. The molecule has 16 heavy (non-hydrogen) atoms. The second kappa shape index (κ2) is 4.86. The first-order valence-electron chi connectivity index (χ1n) is 7.13. The third kappa shape index (κ3) is 2.26. The summed E-state index contributed by atoms with van der Waals surface area (Å²) in [5.74, 6) is 4.93. The molecule has 1 aliphatic heterocycles. The first-order valence-corrected chi connectivity index (χ1v) is 7.67. The molecule has 0 aromatic rings. The lowest BCUT2D eigenvalue weighted by atomic mass is 9.87. The van der Waals surface area contributed by atoms with Crippen LogP contribution in [0, 0.1) is 23.7 Å². The number of hydrogen-bond acceptors (Lipinski definition) is 1. The van der Waals surface area contributed by atoms with E-state index in [2.05, 4.69) is 4.90 Å². The Morgan fingerprint density at radius 3 is 2.38 bits per heavy atom. The van der Waals surface area contributed by atoms with Crippen LogP contribution in [0.3, 0.4) is 0 Å². The van der Waals surface area contributed by atoms with Gasteiger partial charge in [0.25, 0.3) is 0 Å². The van der Waals surface area contributed by atoms with E-state index in [9.17, 15) is 0 Å². The van der Waals surface area contributed by atoms with E-state index >= 15 is 0 Å². The zero-order valence-corrected chi connectivity index (χ0v) is 11.0. The van der Waals surface area contributed by atoms with Gasteiger partial charge >= 0.3 is 0 Å². The van der Waals surface area contributed by atoms with E-state index in [1.54, 1.807) is 12.8 Å². The Labute approximate surface area is 105 Å². The minimum atomic E-state index is 0.804. The number of hydrogen-bond donors (Lipinski definition) is 0. The van der Waals surface area contributed by atoms with Crippen molar-refractivity contribution in [2.45, 2.75) is 38.5 Å². The zero-order valence-electron chi connectivity index (χ0n) is 10.2. The van der Waals surface area contributed by atoms with Crippen molar-refractivity contribution in [3.63, 3.8) is 0 Å². The second-order valence-electron chi connectivity index (χ2n) is 6.33. The van der Waals surface area contributed by atoms with Gasteiger partial charge in [0, 0.05) is 12.4 Å². The highest BCUT2D eigenvalue weighted by Crippen LogP contribution is 2.48. The monoisotopic (exact) mass is 241 g/mol. The first-order chi connectivity index (χ1) is 7.85. The van der Waals surface area contributed by atoms with Crippen LogP contribution in [0.2, 0.25) is 0 Å². The molecule has 1 nitrogen and oxygen atoms in total. The molecule has 3 fully saturated rings. The Kier molecular flexibility index (Phi) is 3.44. The lowest BCUT2D eigenvalue weighted by Crippen LogP contribution is -2.38. The van der Waals surface area contributed by atoms with E-state index < -0.39 is 0 Å². The average molecular weight is 242 g/mol. The van der Waals surface area contributed by atoms with E-state index in [0.717, 1.165) is 29.6 Å². The lowest BCUT2D eigenvalue weighted by Gasteiger charge is -2.34. The molecule has 1 heterocycles. The summed E-state index contributed by atoms with van der Waals surface area (Å²) in [6.07, 6.45) is 8.85. The fourth-order valence-electron chi connectivity index (χ4n) is 4.26. The fraction of sp³-hybridized carbons (Fsp3) is 1.00. The Balaban J connectivity index is 1.46. The molecule has 1 saturated heterocycles. The first kappa shape index (κ1) is 11.3. The summed E-state index contributed by atoms with van der Waals surface area (Å²) in [4.78, 5) is 2.72. The summed E-state index contributed by atoms with van der Waals surface area (Å²) in [7, 11) is 0. The predicted molar refractivity (Wildman–Crippen MR) is 68.8 cm³/mol. The van der Waals surface area contributed by atoms with Gasteiger partial charge in [0.15, 0.2) is 0 Å². The molecule has 2 bridgehead atoms.